The van der Waals surface area contributed by atoms with Gasteiger partial charge in [-0.3, -0.25) is 0 Å². The van der Waals surface area contributed by atoms with E-state index in [2.05, 4.69) is 37.7 Å². The second-order valence-electron chi connectivity index (χ2n) is 9.11. The van der Waals surface area contributed by atoms with Gasteiger partial charge in [0.1, 0.15) is 0 Å². The summed E-state index contributed by atoms with van der Waals surface area (Å²) in [5, 5.41) is 0.822. The van der Waals surface area contributed by atoms with E-state index in [1.54, 1.807) is 6.92 Å². The normalized spacial score (nSPS) is 24.2. The Hall–Kier alpha value is -0.140. The minimum atomic E-state index is -3.06. The predicted molar refractivity (Wildman–Crippen MR) is 130 cm³/mol. The number of nitrogens with one attached hydrogen (secondary N) is 1. The largest absolute Gasteiger partial charge is 0.303 e. The predicted octanol–water partition coefficient (Wildman–Crippen LogP) is 5.64. The number of nitrogens with zero attached hydrogens (tertiary/aromatic N) is 1. The Kier molecular flexibility index (Phi) is 9.51. The van der Waals surface area contributed by atoms with Crippen LogP contribution in [-0.4, -0.2) is 44.7 Å². The van der Waals surface area contributed by atoms with E-state index in [0.717, 1.165) is 49.0 Å². The highest BCUT2D eigenvalue weighted by Crippen LogP contribution is 2.30. The molecular formula is C23H36BrClN2O2S. The van der Waals surface area contributed by atoms with Crippen molar-refractivity contribution in [2.75, 3.05) is 25.4 Å². The molecule has 4 nitrogen and oxygen atoms in total. The first-order valence-corrected chi connectivity index (χ1v) is 14.3. The van der Waals surface area contributed by atoms with Crippen LogP contribution in [0.15, 0.2) is 22.7 Å². The summed E-state index contributed by atoms with van der Waals surface area (Å²) in [6.07, 6.45) is 10.5. The van der Waals surface area contributed by atoms with Gasteiger partial charge in [0, 0.05) is 15.5 Å². The van der Waals surface area contributed by atoms with E-state index in [1.165, 1.54) is 55.4 Å². The molecule has 1 aromatic carbocycles. The number of hydrogen-bond acceptors (Lipinski definition) is 3. The number of halogens is 2. The molecule has 0 spiro atoms. The molecule has 3 rings (SSSR count). The monoisotopic (exact) mass is 518 g/mol. The zero-order chi connectivity index (χ0) is 21.6. The molecule has 0 unspecified atom stereocenters. The quantitative estimate of drug-likeness (QED) is 0.460. The molecule has 0 bridgehead atoms. The third-order valence-corrected chi connectivity index (χ3v) is 9.34. The lowest BCUT2D eigenvalue weighted by molar-refractivity contribution is 0.175. The second-order valence-corrected chi connectivity index (χ2v) is 12.4. The molecule has 0 aromatic heterocycles. The molecule has 1 heterocycles. The Labute approximate surface area is 196 Å². The molecule has 1 aliphatic heterocycles. The molecule has 0 atom stereocenters. The van der Waals surface area contributed by atoms with Gasteiger partial charge in [-0.2, -0.15) is 0 Å². The van der Waals surface area contributed by atoms with Gasteiger partial charge in [-0.15, -0.1) is 0 Å². The van der Waals surface area contributed by atoms with Crippen molar-refractivity contribution in [2.24, 2.45) is 11.8 Å². The van der Waals surface area contributed by atoms with Crippen molar-refractivity contribution in [3.05, 3.63) is 33.3 Å². The summed E-state index contributed by atoms with van der Waals surface area (Å²) in [6, 6.07) is 6.25. The minimum absolute atomic E-state index is 0.157. The first-order valence-electron chi connectivity index (χ1n) is 11.5. The summed E-state index contributed by atoms with van der Waals surface area (Å²) in [7, 11) is -3.06. The lowest BCUT2D eigenvalue weighted by Gasteiger charge is -2.33. The highest BCUT2D eigenvalue weighted by Gasteiger charge is 2.25. The van der Waals surface area contributed by atoms with Crippen molar-refractivity contribution in [3.8, 4) is 0 Å². The van der Waals surface area contributed by atoms with Crippen molar-refractivity contribution in [1.82, 2.24) is 9.62 Å². The highest BCUT2D eigenvalue weighted by atomic mass is 79.9. The zero-order valence-corrected chi connectivity index (χ0v) is 21.2. The maximum atomic E-state index is 11.7. The number of piperidine rings is 1. The minimum Gasteiger partial charge on any atom is -0.303 e. The average molecular weight is 520 g/mol. The Bertz CT molecular complexity index is 773. The van der Waals surface area contributed by atoms with Crippen LogP contribution >= 0.6 is 27.5 Å². The summed E-state index contributed by atoms with van der Waals surface area (Å²) in [6.45, 7) is 5.31. The summed E-state index contributed by atoms with van der Waals surface area (Å²) in [5.41, 5.74) is 1.33. The fourth-order valence-corrected chi connectivity index (χ4v) is 6.45. The molecule has 30 heavy (non-hydrogen) atoms. The van der Waals surface area contributed by atoms with E-state index in [1.807, 2.05) is 6.07 Å². The maximum absolute atomic E-state index is 11.7. The van der Waals surface area contributed by atoms with Crippen LogP contribution in [-0.2, 0) is 16.4 Å². The van der Waals surface area contributed by atoms with Gasteiger partial charge >= 0.3 is 0 Å². The van der Waals surface area contributed by atoms with Crippen molar-refractivity contribution in [3.63, 3.8) is 0 Å². The SMILES string of the molecule is CCS(=O)(=O)NC1CCC(CCCN2CCC(Cc3cc(Cl)ccc3Br)CC2)CC1. The van der Waals surface area contributed by atoms with E-state index in [0.29, 0.717) is 0 Å². The topological polar surface area (TPSA) is 49.4 Å². The fraction of sp³-hybridized carbons (Fsp3) is 0.739. The summed E-state index contributed by atoms with van der Waals surface area (Å²) in [4.78, 5) is 2.63. The molecule has 7 heteroatoms. The average Bonchev–Trinajstić information content (AvgIpc) is 2.73. The molecule has 0 amide bonds. The molecule has 2 aliphatic rings. The second kappa shape index (κ2) is 11.6. The number of rotatable bonds is 9. The summed E-state index contributed by atoms with van der Waals surface area (Å²) in [5.74, 6) is 1.70. The molecule has 170 valence electrons. The van der Waals surface area contributed by atoms with Gasteiger partial charge in [0.25, 0.3) is 0 Å². The molecule has 1 aromatic rings. The highest BCUT2D eigenvalue weighted by molar-refractivity contribution is 9.10. The number of hydrogen-bond donors (Lipinski definition) is 1. The first-order chi connectivity index (χ1) is 14.3. The molecule has 1 aliphatic carbocycles. The summed E-state index contributed by atoms with van der Waals surface area (Å²) < 4.78 is 27.5. The number of likely N-dealkylation sites (tertiary alicyclic amines) is 1. The zero-order valence-electron chi connectivity index (χ0n) is 18.1. The Morgan fingerprint density at radius 3 is 2.47 bits per heavy atom. The Morgan fingerprint density at radius 2 is 1.80 bits per heavy atom. The molecular weight excluding hydrogens is 484 g/mol. The van der Waals surface area contributed by atoms with Crippen LogP contribution in [0.3, 0.4) is 0 Å². The van der Waals surface area contributed by atoms with E-state index in [4.69, 9.17) is 11.6 Å². The maximum Gasteiger partial charge on any atom is 0.211 e. The van der Waals surface area contributed by atoms with Crippen molar-refractivity contribution in [2.45, 2.75) is 70.8 Å². The molecule has 1 saturated carbocycles. The summed E-state index contributed by atoms with van der Waals surface area (Å²) >= 11 is 9.82. The lowest BCUT2D eigenvalue weighted by Crippen LogP contribution is -2.38. The van der Waals surface area contributed by atoms with Crippen molar-refractivity contribution in [1.29, 1.82) is 0 Å². The number of benzene rings is 1. The van der Waals surface area contributed by atoms with Gasteiger partial charge in [-0.05, 0) is 120 Å². The van der Waals surface area contributed by atoms with Gasteiger partial charge in [-0.1, -0.05) is 27.5 Å². The van der Waals surface area contributed by atoms with Crippen LogP contribution in [0.1, 0.15) is 63.9 Å². The van der Waals surface area contributed by atoms with Crippen LogP contribution in [0.25, 0.3) is 0 Å². The van der Waals surface area contributed by atoms with Gasteiger partial charge < -0.3 is 4.90 Å². The third-order valence-electron chi connectivity index (χ3n) is 6.88. The molecule has 1 saturated heterocycles. The molecule has 2 fully saturated rings. The number of sulfonamides is 1. The van der Waals surface area contributed by atoms with Gasteiger partial charge in [0.15, 0.2) is 0 Å². The van der Waals surface area contributed by atoms with Crippen molar-refractivity contribution >= 4 is 37.6 Å². The van der Waals surface area contributed by atoms with E-state index >= 15 is 0 Å². The fourth-order valence-electron chi connectivity index (χ4n) is 4.93. The van der Waals surface area contributed by atoms with Crippen LogP contribution in [0, 0.1) is 11.8 Å². The van der Waals surface area contributed by atoms with Crippen molar-refractivity contribution < 1.29 is 8.42 Å². The smallest absolute Gasteiger partial charge is 0.211 e. The third kappa shape index (κ3) is 7.77. The standard InChI is InChI=1S/C23H36BrClN2O2S/c1-2-30(28,29)26-22-8-5-18(6-9-22)4-3-13-27-14-11-19(12-15-27)16-20-17-21(25)7-10-23(20)24/h7,10,17-19,22,26H,2-6,8-9,11-16H2,1H3. The van der Waals surface area contributed by atoms with E-state index in [9.17, 15) is 8.42 Å². The van der Waals surface area contributed by atoms with Crippen LogP contribution in [0.4, 0.5) is 0 Å². The van der Waals surface area contributed by atoms with E-state index in [-0.39, 0.29) is 11.8 Å². The Morgan fingerprint density at radius 1 is 1.10 bits per heavy atom. The lowest BCUT2D eigenvalue weighted by atomic mass is 9.83. The first kappa shape index (κ1) is 24.5. The molecule has 1 N–H and O–H groups in total. The molecule has 0 radical (unpaired) electrons. The van der Waals surface area contributed by atoms with Gasteiger partial charge in [0.2, 0.25) is 10.0 Å². The van der Waals surface area contributed by atoms with Gasteiger partial charge in [-0.25, -0.2) is 13.1 Å². The van der Waals surface area contributed by atoms with Gasteiger partial charge in [0.05, 0.1) is 5.75 Å². The van der Waals surface area contributed by atoms with Crippen LogP contribution in [0.2, 0.25) is 5.02 Å². The van der Waals surface area contributed by atoms with Crippen LogP contribution in [0.5, 0.6) is 0 Å². The van der Waals surface area contributed by atoms with E-state index < -0.39 is 10.0 Å². The Balaban J connectivity index is 1.30. The van der Waals surface area contributed by atoms with Crippen LogP contribution < -0.4 is 4.72 Å².